The van der Waals surface area contributed by atoms with Crippen LogP contribution in [0.4, 0.5) is 0 Å². The Morgan fingerprint density at radius 3 is 2.95 bits per heavy atom. The van der Waals surface area contributed by atoms with E-state index in [1.165, 1.54) is 12.8 Å². The van der Waals surface area contributed by atoms with Gasteiger partial charge in [-0.2, -0.15) is 5.10 Å². The fourth-order valence-electron chi connectivity index (χ4n) is 2.43. The Kier molecular flexibility index (Phi) is 3.23. The number of nitrogens with one attached hydrogen (secondary N) is 1. The molecule has 100 valence electrons. The Labute approximate surface area is 112 Å². The summed E-state index contributed by atoms with van der Waals surface area (Å²) < 4.78 is 0. The molecule has 1 aliphatic carbocycles. The lowest BCUT2D eigenvalue weighted by Crippen LogP contribution is -2.34. The first-order valence-electron chi connectivity index (χ1n) is 7.02. The average Bonchev–Trinajstić information content (AvgIpc) is 3.14. The molecule has 1 fully saturated rings. The number of carbonyl (C=O) groups is 1. The highest BCUT2D eigenvalue weighted by Gasteiger charge is 2.28. The van der Waals surface area contributed by atoms with Gasteiger partial charge in [-0.15, -0.1) is 0 Å². The molecule has 0 spiro atoms. The van der Waals surface area contributed by atoms with Crippen molar-refractivity contribution in [3.05, 3.63) is 30.0 Å². The van der Waals surface area contributed by atoms with Crippen molar-refractivity contribution in [1.82, 2.24) is 15.1 Å². The highest BCUT2D eigenvalue weighted by Crippen LogP contribution is 2.30. The molecular formula is C15H19N3O. The first kappa shape index (κ1) is 12.2. The molecule has 0 aliphatic heterocycles. The van der Waals surface area contributed by atoms with Gasteiger partial charge in [0, 0.05) is 18.5 Å². The summed E-state index contributed by atoms with van der Waals surface area (Å²) >= 11 is 0. The average molecular weight is 257 g/mol. The number of nitrogens with zero attached hydrogens (tertiary/aromatic N) is 2. The number of rotatable bonds is 5. The van der Waals surface area contributed by atoms with Gasteiger partial charge in [0.25, 0.3) is 5.91 Å². The zero-order chi connectivity index (χ0) is 13.2. The van der Waals surface area contributed by atoms with E-state index in [0.717, 1.165) is 30.4 Å². The van der Waals surface area contributed by atoms with Crippen LogP contribution in [-0.2, 0) is 0 Å². The second kappa shape index (κ2) is 5.03. The number of fused-ring (bicyclic) bond motifs is 1. The van der Waals surface area contributed by atoms with E-state index in [0.29, 0.717) is 11.6 Å². The molecule has 1 aromatic carbocycles. The zero-order valence-corrected chi connectivity index (χ0v) is 11.2. The number of benzene rings is 1. The molecule has 0 bridgehead atoms. The van der Waals surface area contributed by atoms with Gasteiger partial charge in [0.15, 0.2) is 5.69 Å². The van der Waals surface area contributed by atoms with Crippen molar-refractivity contribution < 1.29 is 4.79 Å². The molecule has 1 amide bonds. The normalized spacial score (nSPS) is 14.8. The maximum Gasteiger partial charge on any atom is 0.275 e. The molecule has 0 saturated heterocycles. The zero-order valence-electron chi connectivity index (χ0n) is 11.2. The molecule has 1 saturated carbocycles. The smallest absolute Gasteiger partial charge is 0.275 e. The Morgan fingerprint density at radius 2 is 2.21 bits per heavy atom. The van der Waals surface area contributed by atoms with Crippen LogP contribution in [0.25, 0.3) is 10.9 Å². The van der Waals surface area contributed by atoms with Crippen molar-refractivity contribution in [3.8, 4) is 0 Å². The van der Waals surface area contributed by atoms with E-state index >= 15 is 0 Å². The first-order valence-corrected chi connectivity index (χ1v) is 7.02. The van der Waals surface area contributed by atoms with Crippen molar-refractivity contribution in [1.29, 1.82) is 0 Å². The second-order valence-corrected chi connectivity index (χ2v) is 5.31. The highest BCUT2D eigenvalue weighted by atomic mass is 16.2. The lowest BCUT2D eigenvalue weighted by atomic mass is 10.2. The van der Waals surface area contributed by atoms with Crippen LogP contribution in [0.15, 0.2) is 24.3 Å². The molecule has 1 heterocycles. The molecule has 4 heteroatoms. The van der Waals surface area contributed by atoms with E-state index in [9.17, 15) is 4.79 Å². The Balaban J connectivity index is 1.87. The van der Waals surface area contributed by atoms with E-state index in [1.807, 2.05) is 29.2 Å². The van der Waals surface area contributed by atoms with E-state index in [-0.39, 0.29) is 5.91 Å². The van der Waals surface area contributed by atoms with Crippen molar-refractivity contribution in [3.63, 3.8) is 0 Å². The van der Waals surface area contributed by atoms with E-state index in [2.05, 4.69) is 17.1 Å². The molecule has 4 nitrogen and oxygen atoms in total. The molecule has 0 unspecified atom stereocenters. The van der Waals surface area contributed by atoms with Gasteiger partial charge < -0.3 is 4.90 Å². The first-order chi connectivity index (χ1) is 9.29. The molecule has 3 rings (SSSR count). The molecule has 0 atom stereocenters. The van der Waals surface area contributed by atoms with Gasteiger partial charge in [0.1, 0.15) is 0 Å². The number of aromatic nitrogens is 2. The maximum atomic E-state index is 12.6. The summed E-state index contributed by atoms with van der Waals surface area (Å²) in [5.74, 6) is 0.770. The molecule has 19 heavy (non-hydrogen) atoms. The largest absolute Gasteiger partial charge is 0.337 e. The molecule has 1 N–H and O–H groups in total. The van der Waals surface area contributed by atoms with Crippen LogP contribution in [0.3, 0.4) is 0 Å². The van der Waals surface area contributed by atoms with Crippen LogP contribution >= 0.6 is 0 Å². The Hall–Kier alpha value is -1.84. The van der Waals surface area contributed by atoms with Crippen LogP contribution in [-0.4, -0.2) is 34.1 Å². The predicted octanol–water partition coefficient (Wildman–Crippen LogP) is 2.83. The van der Waals surface area contributed by atoms with Crippen LogP contribution in [0, 0.1) is 5.92 Å². The van der Waals surface area contributed by atoms with Gasteiger partial charge in [-0.05, 0) is 31.2 Å². The highest BCUT2D eigenvalue weighted by molar-refractivity contribution is 6.04. The number of para-hydroxylation sites is 1. The lowest BCUT2D eigenvalue weighted by Gasteiger charge is -2.21. The van der Waals surface area contributed by atoms with Gasteiger partial charge in [0.2, 0.25) is 0 Å². The number of amides is 1. The third-order valence-corrected chi connectivity index (χ3v) is 3.63. The summed E-state index contributed by atoms with van der Waals surface area (Å²) in [6, 6.07) is 7.79. The summed E-state index contributed by atoms with van der Waals surface area (Å²) in [6.45, 7) is 3.81. The number of carbonyl (C=O) groups excluding carboxylic acids is 1. The summed E-state index contributed by atoms with van der Waals surface area (Å²) in [5, 5.41) is 8.07. The standard InChI is InChI=1S/C15H19N3O/c1-2-9-18(10-11-7-8-11)15(19)14-12-5-3-4-6-13(12)16-17-14/h3-6,11H,2,7-10H2,1H3,(H,16,17). The number of hydrogen-bond donors (Lipinski definition) is 1. The minimum absolute atomic E-state index is 0.0613. The number of H-pyrrole nitrogens is 1. The van der Waals surface area contributed by atoms with Crippen LogP contribution in [0.2, 0.25) is 0 Å². The van der Waals surface area contributed by atoms with Crippen LogP contribution in [0.1, 0.15) is 36.7 Å². The predicted molar refractivity (Wildman–Crippen MR) is 75.0 cm³/mol. The van der Waals surface area contributed by atoms with Gasteiger partial charge in [-0.25, -0.2) is 0 Å². The maximum absolute atomic E-state index is 12.6. The fraction of sp³-hybridized carbons (Fsp3) is 0.467. The molecule has 2 aromatic rings. The SMILES string of the molecule is CCCN(CC1CC1)C(=O)c1n[nH]c2ccccc12. The third-order valence-electron chi connectivity index (χ3n) is 3.63. The summed E-state index contributed by atoms with van der Waals surface area (Å²) in [4.78, 5) is 14.6. The molecule has 1 aromatic heterocycles. The lowest BCUT2D eigenvalue weighted by molar-refractivity contribution is 0.0743. The summed E-state index contributed by atoms with van der Waals surface area (Å²) in [5.41, 5.74) is 1.48. The van der Waals surface area contributed by atoms with Crippen LogP contribution < -0.4 is 0 Å². The van der Waals surface area contributed by atoms with Crippen molar-refractivity contribution >= 4 is 16.8 Å². The second-order valence-electron chi connectivity index (χ2n) is 5.31. The summed E-state index contributed by atoms with van der Waals surface area (Å²) in [7, 11) is 0. The topological polar surface area (TPSA) is 49.0 Å². The molecule has 1 aliphatic rings. The van der Waals surface area contributed by atoms with Gasteiger partial charge in [0.05, 0.1) is 5.52 Å². The van der Waals surface area contributed by atoms with Gasteiger partial charge in [-0.3, -0.25) is 9.89 Å². The van der Waals surface area contributed by atoms with E-state index in [1.54, 1.807) is 0 Å². The van der Waals surface area contributed by atoms with Crippen LogP contribution in [0.5, 0.6) is 0 Å². The Bertz CT molecular complexity index is 586. The Morgan fingerprint density at radius 1 is 1.42 bits per heavy atom. The quantitative estimate of drug-likeness (QED) is 0.895. The summed E-state index contributed by atoms with van der Waals surface area (Å²) in [6.07, 6.45) is 3.50. The van der Waals surface area contributed by atoms with E-state index in [4.69, 9.17) is 0 Å². The van der Waals surface area contributed by atoms with E-state index < -0.39 is 0 Å². The van der Waals surface area contributed by atoms with Crippen molar-refractivity contribution in [2.24, 2.45) is 5.92 Å². The monoisotopic (exact) mass is 257 g/mol. The van der Waals surface area contributed by atoms with Gasteiger partial charge >= 0.3 is 0 Å². The van der Waals surface area contributed by atoms with Gasteiger partial charge in [-0.1, -0.05) is 25.1 Å². The third kappa shape index (κ3) is 2.48. The van der Waals surface area contributed by atoms with Crippen molar-refractivity contribution in [2.75, 3.05) is 13.1 Å². The van der Waals surface area contributed by atoms with Crippen molar-refractivity contribution in [2.45, 2.75) is 26.2 Å². The molecular weight excluding hydrogens is 238 g/mol. The number of hydrogen-bond acceptors (Lipinski definition) is 2. The molecule has 0 radical (unpaired) electrons. The number of aromatic amines is 1. The minimum Gasteiger partial charge on any atom is -0.337 e. The fourth-order valence-corrected chi connectivity index (χ4v) is 2.43. The minimum atomic E-state index is 0.0613.